The summed E-state index contributed by atoms with van der Waals surface area (Å²) in [6.07, 6.45) is 1.97. The molecule has 5 nitrogen and oxygen atoms in total. The van der Waals surface area contributed by atoms with Gasteiger partial charge in [-0.1, -0.05) is 13.8 Å². The van der Waals surface area contributed by atoms with Crippen molar-refractivity contribution in [3.63, 3.8) is 0 Å². The molecular formula is C13H18N2O3S. The first-order chi connectivity index (χ1) is 8.93. The van der Waals surface area contributed by atoms with Crippen molar-refractivity contribution in [3.05, 3.63) is 24.3 Å². The number of benzene rings is 1. The number of hydrogen-bond acceptors (Lipinski definition) is 3. The van der Waals surface area contributed by atoms with Crippen LogP contribution in [0.15, 0.2) is 29.2 Å². The molecule has 0 fully saturated rings. The van der Waals surface area contributed by atoms with Gasteiger partial charge in [0.2, 0.25) is 0 Å². The van der Waals surface area contributed by atoms with Crippen molar-refractivity contribution in [1.29, 1.82) is 0 Å². The summed E-state index contributed by atoms with van der Waals surface area (Å²) in [6.45, 7) is 3.48. The molecule has 0 bridgehead atoms. The van der Waals surface area contributed by atoms with Crippen LogP contribution >= 0.6 is 11.8 Å². The molecule has 0 aliphatic rings. The monoisotopic (exact) mass is 282 g/mol. The second-order valence-corrected chi connectivity index (χ2v) is 5.27. The Morgan fingerprint density at radius 3 is 2.21 bits per heavy atom. The Kier molecular flexibility index (Phi) is 5.69. The summed E-state index contributed by atoms with van der Waals surface area (Å²) >= 11 is 1.61. The fourth-order valence-electron chi connectivity index (χ4n) is 1.50. The van der Waals surface area contributed by atoms with Crippen LogP contribution in [0.3, 0.4) is 0 Å². The predicted octanol–water partition coefficient (Wildman–Crippen LogP) is 2.64. The molecule has 6 heteroatoms. The third-order valence-corrected chi connectivity index (χ3v) is 3.31. The lowest BCUT2D eigenvalue weighted by atomic mass is 10.1. The standard InChI is InChI=1S/C13H18N2O3S/c1-8(2)11(12(16)17)15-13(18)14-9-4-6-10(19-3)7-5-9/h4-8,11H,1-3H3,(H,16,17)(H2,14,15,18). The molecule has 19 heavy (non-hydrogen) atoms. The predicted molar refractivity (Wildman–Crippen MR) is 76.6 cm³/mol. The van der Waals surface area contributed by atoms with Gasteiger partial charge in [-0.25, -0.2) is 9.59 Å². The highest BCUT2D eigenvalue weighted by Gasteiger charge is 2.23. The van der Waals surface area contributed by atoms with E-state index in [1.54, 1.807) is 37.7 Å². The lowest BCUT2D eigenvalue weighted by Gasteiger charge is -2.18. The number of carboxylic acid groups (broad SMARTS) is 1. The molecule has 1 aromatic carbocycles. The largest absolute Gasteiger partial charge is 0.480 e. The van der Waals surface area contributed by atoms with Gasteiger partial charge in [0.1, 0.15) is 6.04 Å². The van der Waals surface area contributed by atoms with E-state index in [1.807, 2.05) is 18.4 Å². The summed E-state index contributed by atoms with van der Waals surface area (Å²) in [5.41, 5.74) is 0.628. The van der Waals surface area contributed by atoms with Gasteiger partial charge in [-0.3, -0.25) is 0 Å². The maximum absolute atomic E-state index is 11.7. The van der Waals surface area contributed by atoms with Crippen LogP contribution in [-0.4, -0.2) is 29.4 Å². The van der Waals surface area contributed by atoms with E-state index >= 15 is 0 Å². The van der Waals surface area contributed by atoms with Gasteiger partial charge in [0.15, 0.2) is 0 Å². The summed E-state index contributed by atoms with van der Waals surface area (Å²) in [4.78, 5) is 23.8. The second-order valence-electron chi connectivity index (χ2n) is 4.39. The van der Waals surface area contributed by atoms with E-state index in [1.165, 1.54) is 0 Å². The molecule has 0 aromatic heterocycles. The number of urea groups is 1. The van der Waals surface area contributed by atoms with Crippen molar-refractivity contribution in [2.75, 3.05) is 11.6 Å². The third kappa shape index (κ3) is 4.82. The molecule has 0 spiro atoms. The number of rotatable bonds is 5. The SMILES string of the molecule is CSc1ccc(NC(=O)NC(C(=O)O)C(C)C)cc1. The van der Waals surface area contributed by atoms with Crippen molar-refractivity contribution in [2.24, 2.45) is 5.92 Å². The minimum Gasteiger partial charge on any atom is -0.480 e. The number of anilines is 1. The van der Waals surface area contributed by atoms with Crippen LogP contribution in [0.2, 0.25) is 0 Å². The van der Waals surface area contributed by atoms with Gasteiger partial charge in [0, 0.05) is 10.6 Å². The van der Waals surface area contributed by atoms with Crippen LogP contribution < -0.4 is 10.6 Å². The van der Waals surface area contributed by atoms with Crippen LogP contribution in [0.1, 0.15) is 13.8 Å². The van der Waals surface area contributed by atoms with Crippen LogP contribution in [0.4, 0.5) is 10.5 Å². The molecular weight excluding hydrogens is 264 g/mol. The normalized spacial score (nSPS) is 12.0. The number of carbonyl (C=O) groups excluding carboxylic acids is 1. The summed E-state index contributed by atoms with van der Waals surface area (Å²) in [6, 6.07) is 5.91. The Balaban J connectivity index is 2.61. The van der Waals surface area contributed by atoms with E-state index in [-0.39, 0.29) is 5.92 Å². The maximum Gasteiger partial charge on any atom is 0.326 e. The first-order valence-corrected chi connectivity index (χ1v) is 7.11. The highest BCUT2D eigenvalue weighted by molar-refractivity contribution is 7.98. The van der Waals surface area contributed by atoms with Crippen molar-refractivity contribution < 1.29 is 14.7 Å². The number of thioether (sulfide) groups is 1. The molecule has 1 rings (SSSR count). The van der Waals surface area contributed by atoms with E-state index in [2.05, 4.69) is 10.6 Å². The summed E-state index contributed by atoms with van der Waals surface area (Å²) in [7, 11) is 0. The Bertz CT molecular complexity index is 446. The first-order valence-electron chi connectivity index (χ1n) is 5.88. The molecule has 1 aromatic rings. The fourth-order valence-corrected chi connectivity index (χ4v) is 1.90. The second kappa shape index (κ2) is 7.04. The number of aliphatic carboxylic acids is 1. The number of carbonyl (C=O) groups is 2. The zero-order valence-corrected chi connectivity index (χ0v) is 12.0. The minimum absolute atomic E-state index is 0.179. The Labute approximate surface area is 116 Å². The van der Waals surface area contributed by atoms with E-state index in [0.29, 0.717) is 5.69 Å². The number of nitrogens with one attached hydrogen (secondary N) is 2. The van der Waals surface area contributed by atoms with E-state index < -0.39 is 18.0 Å². The first kappa shape index (κ1) is 15.4. The molecule has 3 N–H and O–H groups in total. The topological polar surface area (TPSA) is 78.4 Å². The summed E-state index contributed by atoms with van der Waals surface area (Å²) in [5.74, 6) is -1.22. The molecule has 0 saturated heterocycles. The van der Waals surface area contributed by atoms with Crippen molar-refractivity contribution in [2.45, 2.75) is 24.8 Å². The van der Waals surface area contributed by atoms with Crippen molar-refractivity contribution in [1.82, 2.24) is 5.32 Å². The molecule has 0 heterocycles. The summed E-state index contributed by atoms with van der Waals surface area (Å²) in [5, 5.41) is 14.0. The summed E-state index contributed by atoms with van der Waals surface area (Å²) < 4.78 is 0. The van der Waals surface area contributed by atoms with Crippen molar-refractivity contribution in [3.8, 4) is 0 Å². The van der Waals surface area contributed by atoms with E-state index in [4.69, 9.17) is 5.11 Å². The molecule has 0 aliphatic carbocycles. The number of hydrogen-bond donors (Lipinski definition) is 3. The average Bonchev–Trinajstić information content (AvgIpc) is 2.36. The van der Waals surface area contributed by atoms with Gasteiger partial charge in [-0.15, -0.1) is 11.8 Å². The molecule has 0 saturated carbocycles. The Morgan fingerprint density at radius 2 is 1.79 bits per heavy atom. The molecule has 0 aliphatic heterocycles. The number of amides is 2. The van der Waals surface area contributed by atoms with Gasteiger partial charge >= 0.3 is 12.0 Å². The smallest absolute Gasteiger partial charge is 0.326 e. The Morgan fingerprint density at radius 1 is 1.21 bits per heavy atom. The maximum atomic E-state index is 11.7. The van der Waals surface area contributed by atoms with E-state index in [0.717, 1.165) is 4.90 Å². The van der Waals surface area contributed by atoms with Gasteiger partial charge in [0.05, 0.1) is 0 Å². The Hall–Kier alpha value is -1.69. The lowest BCUT2D eigenvalue weighted by Crippen LogP contribution is -2.46. The molecule has 0 radical (unpaired) electrons. The average molecular weight is 282 g/mol. The van der Waals surface area contributed by atoms with Crippen molar-refractivity contribution >= 4 is 29.4 Å². The van der Waals surface area contributed by atoms with Gasteiger partial charge < -0.3 is 15.7 Å². The minimum atomic E-state index is -1.04. The van der Waals surface area contributed by atoms with Crippen LogP contribution in [0, 0.1) is 5.92 Å². The zero-order valence-electron chi connectivity index (χ0n) is 11.1. The molecule has 1 atom stereocenters. The van der Waals surface area contributed by atoms with Crippen LogP contribution in [0.25, 0.3) is 0 Å². The van der Waals surface area contributed by atoms with E-state index in [9.17, 15) is 9.59 Å². The molecule has 104 valence electrons. The fraction of sp³-hybridized carbons (Fsp3) is 0.385. The van der Waals surface area contributed by atoms with Gasteiger partial charge in [0.25, 0.3) is 0 Å². The van der Waals surface area contributed by atoms with Crippen LogP contribution in [-0.2, 0) is 4.79 Å². The number of carboxylic acids is 1. The van der Waals surface area contributed by atoms with Gasteiger partial charge in [-0.05, 0) is 36.4 Å². The lowest BCUT2D eigenvalue weighted by molar-refractivity contribution is -0.140. The molecule has 1 unspecified atom stereocenters. The third-order valence-electron chi connectivity index (χ3n) is 2.57. The molecule has 2 amide bonds. The highest BCUT2D eigenvalue weighted by atomic mass is 32.2. The highest BCUT2D eigenvalue weighted by Crippen LogP contribution is 2.17. The van der Waals surface area contributed by atoms with Crippen LogP contribution in [0.5, 0.6) is 0 Å². The quantitative estimate of drug-likeness (QED) is 0.725. The van der Waals surface area contributed by atoms with Gasteiger partial charge in [-0.2, -0.15) is 0 Å². The zero-order chi connectivity index (χ0) is 14.4.